The van der Waals surface area contributed by atoms with Crippen LogP contribution in [0.3, 0.4) is 0 Å². The molecule has 26 heavy (non-hydrogen) atoms. The predicted octanol–water partition coefficient (Wildman–Crippen LogP) is 3.70. The first-order valence-electron chi connectivity index (χ1n) is 8.56. The molecule has 4 nitrogen and oxygen atoms in total. The number of carbonyl (C=O) groups is 1. The van der Waals surface area contributed by atoms with Crippen molar-refractivity contribution in [3.05, 3.63) is 80.1 Å². The molecule has 0 fully saturated rings. The third-order valence-corrected chi connectivity index (χ3v) is 4.62. The second kappa shape index (κ2) is 7.75. The number of fused-ring (bicyclic) bond motifs is 1. The van der Waals surface area contributed by atoms with Crippen LogP contribution in [0.1, 0.15) is 22.3 Å². The summed E-state index contributed by atoms with van der Waals surface area (Å²) in [6.45, 7) is 4.45. The Morgan fingerprint density at radius 1 is 1.12 bits per heavy atom. The number of halogens is 1. The number of pyridine rings is 1. The Morgan fingerprint density at radius 2 is 1.85 bits per heavy atom. The van der Waals surface area contributed by atoms with Crippen molar-refractivity contribution in [3.8, 4) is 0 Å². The van der Waals surface area contributed by atoms with Crippen molar-refractivity contribution in [1.29, 1.82) is 0 Å². The van der Waals surface area contributed by atoms with E-state index in [1.807, 2.05) is 32.0 Å². The van der Waals surface area contributed by atoms with Crippen LogP contribution in [-0.4, -0.2) is 17.4 Å². The van der Waals surface area contributed by atoms with Crippen LogP contribution in [0, 0.1) is 13.8 Å². The van der Waals surface area contributed by atoms with E-state index in [0.29, 0.717) is 30.0 Å². The van der Waals surface area contributed by atoms with Gasteiger partial charge in [0.2, 0.25) is 5.91 Å². The zero-order valence-corrected chi connectivity index (χ0v) is 15.6. The number of aromatic nitrogens is 1. The van der Waals surface area contributed by atoms with Crippen molar-refractivity contribution in [1.82, 2.24) is 10.3 Å². The molecule has 3 aromatic rings. The molecule has 0 spiro atoms. The number of rotatable bonds is 5. The number of hydrogen-bond acceptors (Lipinski definition) is 2. The number of aryl methyl sites for hydroxylation is 2. The van der Waals surface area contributed by atoms with Crippen LogP contribution >= 0.6 is 11.6 Å². The number of amides is 1. The Bertz CT molecular complexity index is 1010. The van der Waals surface area contributed by atoms with E-state index in [1.54, 1.807) is 12.1 Å². The zero-order valence-electron chi connectivity index (χ0n) is 14.9. The summed E-state index contributed by atoms with van der Waals surface area (Å²) in [7, 11) is 0. The molecule has 0 aliphatic carbocycles. The summed E-state index contributed by atoms with van der Waals surface area (Å²) < 4.78 is 0. The minimum atomic E-state index is -0.101. The second-order valence-corrected chi connectivity index (χ2v) is 7.01. The number of H-pyrrole nitrogens is 1. The monoisotopic (exact) mass is 368 g/mol. The van der Waals surface area contributed by atoms with Gasteiger partial charge in [-0.3, -0.25) is 9.59 Å². The summed E-state index contributed by atoms with van der Waals surface area (Å²) >= 11 is 5.84. The standard InChI is InChI=1S/C21H21ClN2O2/c1-13-9-14(2)20-17(10-13)12-16(21(26)24-20)7-8-23-19(25)11-15-3-5-18(22)6-4-15/h3-6,9-10,12H,7-8,11H2,1-2H3,(H,23,25)(H,24,26). The van der Waals surface area contributed by atoms with E-state index in [-0.39, 0.29) is 11.5 Å². The van der Waals surface area contributed by atoms with Gasteiger partial charge < -0.3 is 10.3 Å². The molecule has 1 amide bonds. The van der Waals surface area contributed by atoms with E-state index < -0.39 is 0 Å². The first-order chi connectivity index (χ1) is 12.4. The predicted molar refractivity (Wildman–Crippen MR) is 106 cm³/mol. The maximum Gasteiger partial charge on any atom is 0.251 e. The highest BCUT2D eigenvalue weighted by atomic mass is 35.5. The number of carbonyl (C=O) groups excluding carboxylic acids is 1. The molecule has 0 saturated heterocycles. The van der Waals surface area contributed by atoms with Crippen molar-refractivity contribution in [3.63, 3.8) is 0 Å². The molecule has 3 rings (SSSR count). The van der Waals surface area contributed by atoms with Crippen LogP contribution < -0.4 is 10.9 Å². The highest BCUT2D eigenvalue weighted by molar-refractivity contribution is 6.30. The summed E-state index contributed by atoms with van der Waals surface area (Å²) in [5.41, 5.74) is 4.56. The van der Waals surface area contributed by atoms with Crippen LogP contribution in [0.5, 0.6) is 0 Å². The third-order valence-electron chi connectivity index (χ3n) is 4.36. The third kappa shape index (κ3) is 4.33. The fourth-order valence-corrected chi connectivity index (χ4v) is 3.23. The van der Waals surface area contributed by atoms with Gasteiger partial charge in [0.05, 0.1) is 11.9 Å². The Kier molecular flexibility index (Phi) is 5.43. The average molecular weight is 369 g/mol. The maximum atomic E-state index is 12.3. The van der Waals surface area contributed by atoms with Crippen molar-refractivity contribution in [2.45, 2.75) is 26.7 Å². The highest BCUT2D eigenvalue weighted by Gasteiger charge is 2.07. The number of benzene rings is 2. The molecule has 0 radical (unpaired) electrons. The van der Waals surface area contributed by atoms with E-state index >= 15 is 0 Å². The lowest BCUT2D eigenvalue weighted by Crippen LogP contribution is -2.28. The van der Waals surface area contributed by atoms with Crippen molar-refractivity contribution >= 4 is 28.4 Å². The van der Waals surface area contributed by atoms with Crippen molar-refractivity contribution < 1.29 is 4.79 Å². The Labute approximate surface area is 157 Å². The summed E-state index contributed by atoms with van der Waals surface area (Å²) in [4.78, 5) is 27.3. The Morgan fingerprint density at radius 3 is 2.58 bits per heavy atom. The normalized spacial score (nSPS) is 10.9. The molecule has 5 heteroatoms. The van der Waals surface area contributed by atoms with Gasteiger partial charge in [0.25, 0.3) is 5.56 Å². The smallest absolute Gasteiger partial charge is 0.251 e. The molecule has 134 valence electrons. The zero-order chi connectivity index (χ0) is 18.7. The first-order valence-corrected chi connectivity index (χ1v) is 8.94. The molecule has 0 unspecified atom stereocenters. The Balaban J connectivity index is 1.64. The van der Waals surface area contributed by atoms with Crippen LogP contribution in [0.4, 0.5) is 0 Å². The molecular formula is C21H21ClN2O2. The molecule has 1 aromatic heterocycles. The van der Waals surface area contributed by atoms with E-state index in [4.69, 9.17) is 11.6 Å². The molecule has 2 N–H and O–H groups in total. The Hall–Kier alpha value is -2.59. The van der Waals surface area contributed by atoms with Crippen LogP contribution in [0.25, 0.3) is 10.9 Å². The molecule has 0 saturated carbocycles. The number of aromatic amines is 1. The SMILES string of the molecule is Cc1cc(C)c2[nH]c(=O)c(CCNC(=O)Cc3ccc(Cl)cc3)cc2c1. The van der Waals surface area contributed by atoms with Crippen LogP contribution in [0.15, 0.2) is 47.3 Å². The van der Waals surface area contributed by atoms with Gasteiger partial charge in [0.15, 0.2) is 0 Å². The summed E-state index contributed by atoms with van der Waals surface area (Å²) in [6.07, 6.45) is 0.786. The fourth-order valence-electron chi connectivity index (χ4n) is 3.10. The molecule has 0 atom stereocenters. The van der Waals surface area contributed by atoms with Crippen LogP contribution in [-0.2, 0) is 17.6 Å². The molecular weight excluding hydrogens is 348 g/mol. The number of nitrogens with one attached hydrogen (secondary N) is 2. The quantitative estimate of drug-likeness (QED) is 0.721. The van der Waals surface area contributed by atoms with Crippen molar-refractivity contribution in [2.24, 2.45) is 0 Å². The van der Waals surface area contributed by atoms with Crippen LogP contribution in [0.2, 0.25) is 5.02 Å². The maximum absolute atomic E-state index is 12.3. The lowest BCUT2D eigenvalue weighted by atomic mass is 10.0. The number of hydrogen-bond donors (Lipinski definition) is 2. The lowest BCUT2D eigenvalue weighted by molar-refractivity contribution is -0.120. The van der Waals surface area contributed by atoms with E-state index in [2.05, 4.69) is 22.4 Å². The van der Waals surface area contributed by atoms with E-state index in [0.717, 1.165) is 27.6 Å². The molecule has 1 heterocycles. The van der Waals surface area contributed by atoms with Gasteiger partial charge >= 0.3 is 0 Å². The van der Waals surface area contributed by atoms with Crippen molar-refractivity contribution in [2.75, 3.05) is 6.54 Å². The highest BCUT2D eigenvalue weighted by Crippen LogP contribution is 2.18. The van der Waals surface area contributed by atoms with Gasteiger partial charge in [0, 0.05) is 17.1 Å². The molecule has 2 aromatic carbocycles. The first kappa shape index (κ1) is 18.2. The summed E-state index contributed by atoms with van der Waals surface area (Å²) in [6, 6.07) is 13.2. The largest absolute Gasteiger partial charge is 0.355 e. The fraction of sp³-hybridized carbons (Fsp3) is 0.238. The summed E-state index contributed by atoms with van der Waals surface area (Å²) in [5.74, 6) is -0.0729. The minimum Gasteiger partial charge on any atom is -0.355 e. The lowest BCUT2D eigenvalue weighted by Gasteiger charge is -2.08. The van der Waals surface area contributed by atoms with Gasteiger partial charge in [-0.05, 0) is 61.0 Å². The summed E-state index contributed by atoms with van der Waals surface area (Å²) in [5, 5.41) is 4.53. The topological polar surface area (TPSA) is 62.0 Å². The van der Waals surface area contributed by atoms with E-state index in [1.165, 1.54) is 0 Å². The molecule has 0 aliphatic rings. The van der Waals surface area contributed by atoms with Gasteiger partial charge in [-0.1, -0.05) is 35.4 Å². The molecule has 0 bridgehead atoms. The van der Waals surface area contributed by atoms with Gasteiger partial charge in [-0.15, -0.1) is 0 Å². The average Bonchev–Trinajstić information content (AvgIpc) is 2.58. The van der Waals surface area contributed by atoms with Gasteiger partial charge in [0.1, 0.15) is 0 Å². The molecule has 0 aliphatic heterocycles. The minimum absolute atomic E-state index is 0.0729. The second-order valence-electron chi connectivity index (χ2n) is 6.57. The van der Waals surface area contributed by atoms with Gasteiger partial charge in [-0.25, -0.2) is 0 Å². The van der Waals surface area contributed by atoms with Gasteiger partial charge in [-0.2, -0.15) is 0 Å². The van der Waals surface area contributed by atoms with E-state index in [9.17, 15) is 9.59 Å².